The van der Waals surface area contributed by atoms with Gasteiger partial charge in [-0.05, 0) is 43.6 Å². The van der Waals surface area contributed by atoms with Crippen molar-refractivity contribution in [3.63, 3.8) is 0 Å². The van der Waals surface area contributed by atoms with Crippen LogP contribution in [0.4, 0.5) is 4.39 Å². The van der Waals surface area contributed by atoms with Crippen molar-refractivity contribution in [1.29, 1.82) is 0 Å². The minimum absolute atomic E-state index is 0.200. The maximum absolute atomic E-state index is 13.0. The van der Waals surface area contributed by atoms with Gasteiger partial charge in [-0.25, -0.2) is 4.39 Å². The van der Waals surface area contributed by atoms with Crippen molar-refractivity contribution in [1.82, 2.24) is 19.6 Å². The monoisotopic (exact) mass is 342 g/mol. The molecule has 0 N–H and O–H groups in total. The number of rotatable bonds is 4. The molecule has 0 radical (unpaired) electrons. The highest BCUT2D eigenvalue weighted by Gasteiger charge is 2.28. The zero-order chi connectivity index (χ0) is 17.2. The number of hydrogen-bond acceptors (Lipinski definition) is 3. The first-order chi connectivity index (χ1) is 12.2. The molecule has 0 aliphatic carbocycles. The number of amides is 1. The molecule has 0 saturated carbocycles. The summed E-state index contributed by atoms with van der Waals surface area (Å²) in [6, 6.07) is 6.48. The van der Waals surface area contributed by atoms with Crippen LogP contribution in [0.3, 0.4) is 0 Å². The van der Waals surface area contributed by atoms with Gasteiger partial charge in [0.2, 0.25) is 5.91 Å². The van der Waals surface area contributed by atoms with Crippen molar-refractivity contribution in [2.24, 2.45) is 0 Å². The number of halogens is 1. The lowest BCUT2D eigenvalue weighted by atomic mass is 10.1. The van der Waals surface area contributed by atoms with Crippen molar-refractivity contribution < 1.29 is 9.18 Å². The summed E-state index contributed by atoms with van der Waals surface area (Å²) in [7, 11) is 0. The molecule has 25 heavy (non-hydrogen) atoms. The van der Waals surface area contributed by atoms with Crippen LogP contribution in [0.2, 0.25) is 0 Å². The van der Waals surface area contributed by atoms with Gasteiger partial charge in [0.15, 0.2) is 0 Å². The van der Waals surface area contributed by atoms with E-state index in [9.17, 15) is 9.18 Å². The van der Waals surface area contributed by atoms with Crippen LogP contribution < -0.4 is 0 Å². The molecule has 2 aliphatic heterocycles. The number of carbonyl (C=O) groups excluding carboxylic acids is 1. The van der Waals surface area contributed by atoms with Crippen LogP contribution in [0, 0.1) is 5.82 Å². The summed E-state index contributed by atoms with van der Waals surface area (Å²) in [5.74, 6) is -0.0321. The number of benzene rings is 1. The smallest absolute Gasteiger partial charge is 0.237 e. The van der Waals surface area contributed by atoms with E-state index in [-0.39, 0.29) is 11.7 Å². The van der Waals surface area contributed by atoms with E-state index in [4.69, 9.17) is 0 Å². The van der Waals surface area contributed by atoms with E-state index in [0.29, 0.717) is 26.2 Å². The third kappa shape index (κ3) is 3.58. The molecule has 1 aromatic heterocycles. The Labute approximate surface area is 147 Å². The van der Waals surface area contributed by atoms with Gasteiger partial charge >= 0.3 is 0 Å². The van der Waals surface area contributed by atoms with Crippen LogP contribution >= 0.6 is 0 Å². The molecule has 1 amide bonds. The summed E-state index contributed by atoms with van der Waals surface area (Å²) in [6.07, 6.45) is 5.52. The lowest BCUT2D eigenvalue weighted by Gasteiger charge is -2.27. The number of carbonyl (C=O) groups is 1. The molecule has 2 aromatic rings. The summed E-state index contributed by atoms with van der Waals surface area (Å²) in [5.41, 5.74) is 3.22. The van der Waals surface area contributed by atoms with Gasteiger partial charge in [0.25, 0.3) is 0 Å². The minimum atomic E-state index is -0.232. The molecule has 132 valence electrons. The molecule has 6 heteroatoms. The van der Waals surface area contributed by atoms with Crippen LogP contribution in [0.15, 0.2) is 30.5 Å². The number of nitrogens with zero attached hydrogens (tertiary/aromatic N) is 4. The zero-order valence-corrected chi connectivity index (χ0v) is 14.3. The summed E-state index contributed by atoms with van der Waals surface area (Å²) >= 11 is 0. The van der Waals surface area contributed by atoms with Crippen LogP contribution in [-0.2, 0) is 24.4 Å². The summed E-state index contributed by atoms with van der Waals surface area (Å²) in [5, 5.41) is 4.44. The lowest BCUT2D eigenvalue weighted by Crippen LogP contribution is -2.40. The fourth-order valence-corrected chi connectivity index (χ4v) is 3.69. The van der Waals surface area contributed by atoms with Crippen LogP contribution in [0.1, 0.15) is 36.1 Å². The van der Waals surface area contributed by atoms with Gasteiger partial charge in [0.05, 0.1) is 31.5 Å². The van der Waals surface area contributed by atoms with E-state index >= 15 is 0 Å². The average molecular weight is 342 g/mol. The summed E-state index contributed by atoms with van der Waals surface area (Å²) < 4.78 is 15.0. The van der Waals surface area contributed by atoms with E-state index in [1.165, 1.54) is 31.4 Å². The van der Waals surface area contributed by atoms with E-state index in [1.54, 1.807) is 12.1 Å². The lowest BCUT2D eigenvalue weighted by molar-refractivity contribution is -0.133. The summed E-state index contributed by atoms with van der Waals surface area (Å²) in [6.45, 7) is 4.45. The van der Waals surface area contributed by atoms with Crippen molar-refractivity contribution in [2.45, 2.75) is 38.9 Å². The predicted octanol–water partition coefficient (Wildman–Crippen LogP) is 2.40. The van der Waals surface area contributed by atoms with Crippen LogP contribution in [0.25, 0.3) is 0 Å². The highest BCUT2D eigenvalue weighted by Crippen LogP contribution is 2.23. The van der Waals surface area contributed by atoms with E-state index < -0.39 is 0 Å². The summed E-state index contributed by atoms with van der Waals surface area (Å²) in [4.78, 5) is 16.8. The second kappa shape index (κ2) is 6.96. The van der Waals surface area contributed by atoms with Gasteiger partial charge in [-0.15, -0.1) is 0 Å². The maximum Gasteiger partial charge on any atom is 0.237 e. The fraction of sp³-hybridized carbons (Fsp3) is 0.474. The molecule has 0 bridgehead atoms. The Bertz CT molecular complexity index is 749. The van der Waals surface area contributed by atoms with Gasteiger partial charge < -0.3 is 4.90 Å². The molecule has 0 atom stereocenters. The van der Waals surface area contributed by atoms with Crippen molar-refractivity contribution in [2.75, 3.05) is 19.6 Å². The molecule has 3 heterocycles. The number of hydrogen-bond donors (Lipinski definition) is 0. The topological polar surface area (TPSA) is 41.4 Å². The maximum atomic E-state index is 13.0. The zero-order valence-electron chi connectivity index (χ0n) is 14.3. The Morgan fingerprint density at radius 2 is 1.84 bits per heavy atom. The van der Waals surface area contributed by atoms with Gasteiger partial charge in [0, 0.05) is 12.1 Å². The molecule has 4 rings (SSSR count). The molecule has 1 aromatic carbocycles. The van der Waals surface area contributed by atoms with Gasteiger partial charge in [-0.3, -0.25) is 14.4 Å². The quantitative estimate of drug-likeness (QED) is 0.857. The number of aromatic nitrogens is 2. The third-order valence-corrected chi connectivity index (χ3v) is 5.14. The van der Waals surface area contributed by atoms with Gasteiger partial charge in [-0.2, -0.15) is 5.10 Å². The normalized spacial score (nSPS) is 17.7. The molecule has 5 nitrogen and oxygen atoms in total. The Hall–Kier alpha value is -2.21. The average Bonchev–Trinajstić information content (AvgIpc) is 3.20. The molecule has 1 fully saturated rings. The molecular formula is C19H23FN4O. The Morgan fingerprint density at radius 1 is 1.08 bits per heavy atom. The Morgan fingerprint density at radius 3 is 2.60 bits per heavy atom. The van der Waals surface area contributed by atoms with Crippen LogP contribution in [-0.4, -0.2) is 45.1 Å². The number of likely N-dealkylation sites (tertiary alicyclic amines) is 1. The van der Waals surface area contributed by atoms with Gasteiger partial charge in [-0.1, -0.05) is 18.6 Å². The Balaban J connectivity index is 1.40. The first kappa shape index (κ1) is 16.3. The highest BCUT2D eigenvalue weighted by atomic mass is 19.1. The highest BCUT2D eigenvalue weighted by molar-refractivity contribution is 5.78. The molecular weight excluding hydrogens is 319 g/mol. The molecule has 0 spiro atoms. The van der Waals surface area contributed by atoms with E-state index in [1.807, 2.05) is 15.8 Å². The van der Waals surface area contributed by atoms with Crippen molar-refractivity contribution in [3.8, 4) is 0 Å². The number of fused-ring (bicyclic) bond motifs is 1. The first-order valence-corrected chi connectivity index (χ1v) is 8.97. The third-order valence-electron chi connectivity index (χ3n) is 5.14. The molecule has 1 saturated heterocycles. The SMILES string of the molecule is O=C(CN1CCCCC1)N1Cc2cnn(Cc3ccc(F)cc3)c2C1. The molecule has 0 unspecified atom stereocenters. The van der Waals surface area contributed by atoms with Crippen molar-refractivity contribution in [3.05, 3.63) is 53.1 Å². The fourth-order valence-electron chi connectivity index (χ4n) is 3.69. The largest absolute Gasteiger partial charge is 0.331 e. The van der Waals surface area contributed by atoms with E-state index in [0.717, 1.165) is 29.9 Å². The van der Waals surface area contributed by atoms with Gasteiger partial charge in [0.1, 0.15) is 5.82 Å². The molecule has 2 aliphatic rings. The second-order valence-electron chi connectivity index (χ2n) is 6.99. The minimum Gasteiger partial charge on any atom is -0.331 e. The predicted molar refractivity (Wildman–Crippen MR) is 92.3 cm³/mol. The Kier molecular flexibility index (Phi) is 4.53. The second-order valence-corrected chi connectivity index (χ2v) is 6.99. The standard InChI is InChI=1S/C19H23FN4O/c20-17-6-4-15(5-7-17)11-24-18-13-23(12-16(18)10-21-24)19(25)14-22-8-2-1-3-9-22/h4-7,10H,1-3,8-9,11-14H2. The first-order valence-electron chi connectivity index (χ1n) is 8.97. The van der Waals surface area contributed by atoms with Crippen molar-refractivity contribution >= 4 is 5.91 Å². The van der Waals surface area contributed by atoms with E-state index in [2.05, 4.69) is 10.00 Å². The van der Waals surface area contributed by atoms with Crippen LogP contribution in [0.5, 0.6) is 0 Å². The number of piperidine rings is 1.